The molecule has 0 atom stereocenters. The number of hydrogen-bond acceptors (Lipinski definition) is 7. The Balaban J connectivity index is 1.80. The van der Waals surface area contributed by atoms with E-state index in [0.717, 1.165) is 28.0 Å². The third kappa shape index (κ3) is 6.68. The number of amides is 2. The number of methoxy groups -OCH3 is 2. The van der Waals surface area contributed by atoms with Gasteiger partial charge < -0.3 is 24.8 Å². The molecule has 1 heterocycles. The number of ether oxygens (including phenoxy) is 3. The van der Waals surface area contributed by atoms with E-state index in [1.165, 1.54) is 0 Å². The largest absolute Gasteiger partial charge is 0.493 e. The number of esters is 1. The summed E-state index contributed by atoms with van der Waals surface area (Å²) in [6.07, 6.45) is 0.615. The molecular formula is C28H32N2O6S. The highest BCUT2D eigenvalue weighted by molar-refractivity contribution is 7.18. The van der Waals surface area contributed by atoms with E-state index in [9.17, 15) is 14.4 Å². The van der Waals surface area contributed by atoms with E-state index in [0.29, 0.717) is 39.0 Å². The standard InChI is InChI=1S/C28H32N2O6S/c1-7-36-28(33)24-18(4)25(26(32)29-20-11-8-16(2)14-17(20)3)37-27(24)30-23(31)13-10-19-9-12-21(34-5)22(15-19)35-6/h8-9,11-12,14-15H,7,10,13H2,1-6H3,(H,29,32)(H,30,31). The minimum Gasteiger partial charge on any atom is -0.493 e. The van der Waals surface area contributed by atoms with Crippen LogP contribution in [0.15, 0.2) is 36.4 Å². The van der Waals surface area contributed by atoms with Gasteiger partial charge in [0.05, 0.1) is 31.3 Å². The Morgan fingerprint density at radius 2 is 1.65 bits per heavy atom. The second-order valence-corrected chi connectivity index (χ2v) is 9.51. The van der Waals surface area contributed by atoms with E-state index in [1.807, 2.05) is 44.2 Å². The molecule has 0 fully saturated rings. The first-order valence-corrected chi connectivity index (χ1v) is 12.7. The summed E-state index contributed by atoms with van der Waals surface area (Å²) in [6.45, 7) is 7.45. The normalized spacial score (nSPS) is 10.5. The Labute approximate surface area is 220 Å². The van der Waals surface area contributed by atoms with Crippen LogP contribution in [0.2, 0.25) is 0 Å². The van der Waals surface area contributed by atoms with Crippen molar-refractivity contribution in [2.45, 2.75) is 40.5 Å². The van der Waals surface area contributed by atoms with Gasteiger partial charge in [-0.25, -0.2) is 4.79 Å². The van der Waals surface area contributed by atoms with Crippen molar-refractivity contribution in [1.29, 1.82) is 0 Å². The molecule has 3 rings (SSSR count). The lowest BCUT2D eigenvalue weighted by Crippen LogP contribution is -2.15. The average Bonchev–Trinajstić information content (AvgIpc) is 3.19. The van der Waals surface area contributed by atoms with E-state index in [1.54, 1.807) is 34.1 Å². The Kier molecular flexibility index (Phi) is 9.30. The molecule has 37 heavy (non-hydrogen) atoms. The molecule has 0 aliphatic heterocycles. The van der Waals surface area contributed by atoms with Crippen LogP contribution in [0, 0.1) is 20.8 Å². The van der Waals surface area contributed by atoms with Gasteiger partial charge in [0.25, 0.3) is 5.91 Å². The first-order chi connectivity index (χ1) is 17.7. The highest BCUT2D eigenvalue weighted by atomic mass is 32.1. The fraction of sp³-hybridized carbons (Fsp3) is 0.321. The van der Waals surface area contributed by atoms with Gasteiger partial charge in [-0.15, -0.1) is 11.3 Å². The third-order valence-electron chi connectivity index (χ3n) is 5.80. The first-order valence-electron chi connectivity index (χ1n) is 11.9. The summed E-state index contributed by atoms with van der Waals surface area (Å²) in [5.74, 6) is -0.0420. The lowest BCUT2D eigenvalue weighted by atomic mass is 10.1. The minimum absolute atomic E-state index is 0.165. The number of rotatable bonds is 10. The number of anilines is 2. The predicted molar refractivity (Wildman–Crippen MR) is 145 cm³/mol. The molecule has 0 aliphatic rings. The molecule has 0 spiro atoms. The van der Waals surface area contributed by atoms with Crippen LogP contribution in [-0.2, 0) is 16.0 Å². The summed E-state index contributed by atoms with van der Waals surface area (Å²) in [4.78, 5) is 39.1. The molecule has 3 aromatic rings. The molecule has 8 nitrogen and oxygen atoms in total. The van der Waals surface area contributed by atoms with Gasteiger partial charge in [0.1, 0.15) is 5.00 Å². The molecular weight excluding hydrogens is 492 g/mol. The quantitative estimate of drug-likeness (QED) is 0.330. The minimum atomic E-state index is -0.586. The van der Waals surface area contributed by atoms with Crippen molar-refractivity contribution < 1.29 is 28.6 Å². The average molecular weight is 525 g/mol. The predicted octanol–water partition coefficient (Wildman–Crippen LogP) is 5.69. The van der Waals surface area contributed by atoms with Crippen LogP contribution in [0.1, 0.15) is 55.6 Å². The van der Waals surface area contributed by atoms with Crippen LogP contribution < -0.4 is 20.1 Å². The monoisotopic (exact) mass is 524 g/mol. The molecule has 2 amide bonds. The zero-order valence-corrected chi connectivity index (χ0v) is 22.8. The summed E-state index contributed by atoms with van der Waals surface area (Å²) in [7, 11) is 3.11. The highest BCUT2D eigenvalue weighted by Crippen LogP contribution is 2.35. The van der Waals surface area contributed by atoms with Crippen LogP contribution in [0.5, 0.6) is 11.5 Å². The summed E-state index contributed by atoms with van der Waals surface area (Å²) in [6, 6.07) is 11.2. The fourth-order valence-corrected chi connectivity index (χ4v) is 4.99. The first kappa shape index (κ1) is 27.7. The van der Waals surface area contributed by atoms with E-state index in [4.69, 9.17) is 14.2 Å². The number of carbonyl (C=O) groups is 3. The molecule has 0 saturated heterocycles. The van der Waals surface area contributed by atoms with E-state index >= 15 is 0 Å². The number of thiophene rings is 1. The van der Waals surface area contributed by atoms with Crippen LogP contribution in [0.3, 0.4) is 0 Å². The lowest BCUT2D eigenvalue weighted by Gasteiger charge is -2.10. The SMILES string of the molecule is CCOC(=O)c1c(NC(=O)CCc2ccc(OC)c(OC)c2)sc(C(=O)Nc2ccc(C)cc2C)c1C. The zero-order valence-electron chi connectivity index (χ0n) is 21.9. The molecule has 0 radical (unpaired) electrons. The highest BCUT2D eigenvalue weighted by Gasteiger charge is 2.27. The molecule has 9 heteroatoms. The summed E-state index contributed by atoms with van der Waals surface area (Å²) in [5.41, 5.74) is 4.25. The Bertz CT molecular complexity index is 1310. The second kappa shape index (κ2) is 12.4. The second-order valence-electron chi connectivity index (χ2n) is 8.49. The van der Waals surface area contributed by atoms with Gasteiger partial charge in [-0.3, -0.25) is 9.59 Å². The summed E-state index contributed by atoms with van der Waals surface area (Å²) < 4.78 is 15.8. The molecule has 196 valence electrons. The van der Waals surface area contributed by atoms with Gasteiger partial charge in [-0.1, -0.05) is 23.8 Å². The van der Waals surface area contributed by atoms with Crippen molar-refractivity contribution >= 4 is 39.8 Å². The van der Waals surface area contributed by atoms with Gasteiger partial charge in [0, 0.05) is 12.1 Å². The van der Waals surface area contributed by atoms with Crippen molar-refractivity contribution in [3.8, 4) is 11.5 Å². The summed E-state index contributed by atoms with van der Waals surface area (Å²) in [5, 5.41) is 6.01. The number of aryl methyl sites for hydroxylation is 3. The van der Waals surface area contributed by atoms with Crippen LogP contribution >= 0.6 is 11.3 Å². The fourth-order valence-electron chi connectivity index (χ4n) is 3.88. The van der Waals surface area contributed by atoms with Crippen LogP contribution in [0.4, 0.5) is 10.7 Å². The number of nitrogens with one attached hydrogen (secondary N) is 2. The molecule has 0 saturated carbocycles. The van der Waals surface area contributed by atoms with Gasteiger partial charge in [0.2, 0.25) is 5.91 Å². The van der Waals surface area contributed by atoms with Crippen molar-refractivity contribution in [3.63, 3.8) is 0 Å². The van der Waals surface area contributed by atoms with Crippen molar-refractivity contribution in [2.75, 3.05) is 31.5 Å². The van der Waals surface area contributed by atoms with Crippen LogP contribution in [0.25, 0.3) is 0 Å². The van der Waals surface area contributed by atoms with Gasteiger partial charge in [-0.05, 0) is 69.0 Å². The maximum Gasteiger partial charge on any atom is 0.341 e. The van der Waals surface area contributed by atoms with Gasteiger partial charge in [0.15, 0.2) is 11.5 Å². The number of carbonyl (C=O) groups excluding carboxylic acids is 3. The molecule has 0 unspecified atom stereocenters. The van der Waals surface area contributed by atoms with E-state index < -0.39 is 5.97 Å². The van der Waals surface area contributed by atoms with E-state index in [-0.39, 0.29) is 30.4 Å². The summed E-state index contributed by atoms with van der Waals surface area (Å²) >= 11 is 1.06. The topological polar surface area (TPSA) is 103 Å². The lowest BCUT2D eigenvalue weighted by molar-refractivity contribution is -0.116. The molecule has 2 N–H and O–H groups in total. The molecule has 0 aliphatic carbocycles. The molecule has 0 bridgehead atoms. The van der Waals surface area contributed by atoms with Crippen molar-refractivity contribution in [2.24, 2.45) is 0 Å². The maximum absolute atomic E-state index is 13.1. The Hall–Kier alpha value is -3.85. The van der Waals surface area contributed by atoms with Crippen LogP contribution in [-0.4, -0.2) is 38.6 Å². The molecule has 2 aromatic carbocycles. The van der Waals surface area contributed by atoms with Gasteiger partial charge in [-0.2, -0.15) is 0 Å². The van der Waals surface area contributed by atoms with Crippen molar-refractivity contribution in [1.82, 2.24) is 0 Å². The Morgan fingerprint density at radius 1 is 0.919 bits per heavy atom. The number of hydrogen-bond donors (Lipinski definition) is 2. The zero-order chi connectivity index (χ0) is 27.1. The van der Waals surface area contributed by atoms with Gasteiger partial charge >= 0.3 is 5.97 Å². The number of benzene rings is 2. The molecule has 1 aromatic heterocycles. The third-order valence-corrected chi connectivity index (χ3v) is 7.01. The Morgan fingerprint density at radius 3 is 2.30 bits per heavy atom. The van der Waals surface area contributed by atoms with E-state index in [2.05, 4.69) is 10.6 Å². The van der Waals surface area contributed by atoms with Crippen molar-refractivity contribution in [3.05, 3.63) is 69.1 Å². The maximum atomic E-state index is 13.1. The smallest absolute Gasteiger partial charge is 0.341 e.